The first kappa shape index (κ1) is 13.4. The molecule has 18 heavy (non-hydrogen) atoms. The average molecular weight is 345 g/mol. The number of thiophene rings is 1. The molecule has 1 N–H and O–H groups in total. The van der Waals surface area contributed by atoms with Gasteiger partial charge in [0.1, 0.15) is 16.0 Å². The molecule has 0 aliphatic rings. The number of aromatic amines is 1. The SMILES string of the molecule is COC(=O)c1c(C)[nH]c(-c2ccc(Br)s2)nc1=S. The van der Waals surface area contributed by atoms with Gasteiger partial charge in [0, 0.05) is 5.69 Å². The predicted octanol–water partition coefficient (Wildman–Crippen LogP) is 3.73. The lowest BCUT2D eigenvalue weighted by molar-refractivity contribution is 0.0598. The summed E-state index contributed by atoms with van der Waals surface area (Å²) >= 11 is 10.1. The predicted molar refractivity (Wildman–Crippen MR) is 76.5 cm³/mol. The number of hydrogen-bond donors (Lipinski definition) is 1. The molecule has 0 fully saturated rings. The second kappa shape index (κ2) is 5.29. The number of esters is 1. The number of hydrogen-bond acceptors (Lipinski definition) is 5. The first-order valence-corrected chi connectivity index (χ1v) is 6.99. The number of carbonyl (C=O) groups is 1. The van der Waals surface area contributed by atoms with Crippen molar-refractivity contribution in [3.8, 4) is 10.7 Å². The Hall–Kier alpha value is -1.05. The van der Waals surface area contributed by atoms with Crippen LogP contribution in [0.15, 0.2) is 15.9 Å². The summed E-state index contributed by atoms with van der Waals surface area (Å²) in [5.41, 5.74) is 0.966. The van der Waals surface area contributed by atoms with Crippen molar-refractivity contribution in [3.05, 3.63) is 31.8 Å². The van der Waals surface area contributed by atoms with Gasteiger partial charge >= 0.3 is 5.97 Å². The van der Waals surface area contributed by atoms with Gasteiger partial charge in [-0.1, -0.05) is 12.2 Å². The number of rotatable bonds is 2. The van der Waals surface area contributed by atoms with Crippen LogP contribution in [-0.4, -0.2) is 23.0 Å². The standard InChI is InChI=1S/C11H9BrN2O2S2/c1-5-8(11(15)16-2)10(17)14-9(13-5)6-3-4-7(12)18-6/h3-4H,1-2H3,(H,13,14,17). The van der Waals surface area contributed by atoms with Crippen molar-refractivity contribution in [3.63, 3.8) is 0 Å². The number of H-pyrrole nitrogens is 1. The van der Waals surface area contributed by atoms with E-state index in [0.717, 1.165) is 8.66 Å². The van der Waals surface area contributed by atoms with E-state index in [2.05, 4.69) is 30.6 Å². The summed E-state index contributed by atoms with van der Waals surface area (Å²) in [6, 6.07) is 3.86. The summed E-state index contributed by atoms with van der Waals surface area (Å²) in [6.45, 7) is 1.77. The number of methoxy groups -OCH3 is 1. The smallest absolute Gasteiger partial charge is 0.342 e. The summed E-state index contributed by atoms with van der Waals surface area (Å²) in [7, 11) is 1.32. The summed E-state index contributed by atoms with van der Waals surface area (Å²) in [6.07, 6.45) is 0. The highest BCUT2D eigenvalue weighted by atomic mass is 79.9. The van der Waals surface area contributed by atoms with Crippen LogP contribution in [-0.2, 0) is 4.74 Å². The Balaban J connectivity index is 2.56. The largest absolute Gasteiger partial charge is 0.465 e. The minimum Gasteiger partial charge on any atom is -0.465 e. The topological polar surface area (TPSA) is 55.0 Å². The molecule has 0 radical (unpaired) electrons. The van der Waals surface area contributed by atoms with Crippen molar-refractivity contribution in [2.24, 2.45) is 0 Å². The zero-order chi connectivity index (χ0) is 13.3. The Morgan fingerprint density at radius 1 is 1.56 bits per heavy atom. The molecule has 94 valence electrons. The maximum absolute atomic E-state index is 11.6. The molecule has 0 atom stereocenters. The van der Waals surface area contributed by atoms with Crippen LogP contribution in [0.5, 0.6) is 0 Å². The van der Waals surface area contributed by atoms with Crippen LogP contribution < -0.4 is 0 Å². The van der Waals surface area contributed by atoms with Crippen LogP contribution in [0, 0.1) is 11.6 Å². The Kier molecular flexibility index (Phi) is 3.94. The number of aromatic nitrogens is 2. The molecule has 0 saturated carbocycles. The molecule has 0 spiro atoms. The maximum Gasteiger partial charge on any atom is 0.342 e. The first-order valence-electron chi connectivity index (χ1n) is 4.98. The van der Waals surface area contributed by atoms with E-state index in [1.807, 2.05) is 12.1 Å². The third kappa shape index (κ3) is 2.52. The lowest BCUT2D eigenvalue weighted by Crippen LogP contribution is -2.08. The summed E-state index contributed by atoms with van der Waals surface area (Å²) in [4.78, 5) is 19.8. The van der Waals surface area contributed by atoms with Crippen molar-refractivity contribution in [2.75, 3.05) is 7.11 Å². The van der Waals surface area contributed by atoms with Gasteiger partial charge in [0.05, 0.1) is 15.8 Å². The minimum absolute atomic E-state index is 0.248. The molecule has 2 aromatic heterocycles. The molecule has 7 heteroatoms. The molecule has 0 aliphatic carbocycles. The van der Waals surface area contributed by atoms with E-state index in [0.29, 0.717) is 17.1 Å². The number of carbonyl (C=O) groups excluding carboxylic acids is 1. The van der Waals surface area contributed by atoms with E-state index in [-0.39, 0.29) is 4.64 Å². The van der Waals surface area contributed by atoms with Crippen molar-refractivity contribution < 1.29 is 9.53 Å². The van der Waals surface area contributed by atoms with Gasteiger partial charge in [-0.15, -0.1) is 11.3 Å². The second-order valence-corrected chi connectivity index (χ2v) is 6.34. The van der Waals surface area contributed by atoms with E-state index in [1.165, 1.54) is 18.4 Å². The Morgan fingerprint density at radius 3 is 2.78 bits per heavy atom. The van der Waals surface area contributed by atoms with Crippen molar-refractivity contribution in [1.82, 2.24) is 9.97 Å². The fourth-order valence-electron chi connectivity index (χ4n) is 1.49. The van der Waals surface area contributed by atoms with Gasteiger partial charge in [-0.05, 0) is 35.0 Å². The zero-order valence-electron chi connectivity index (χ0n) is 9.61. The number of nitrogens with zero attached hydrogens (tertiary/aromatic N) is 1. The van der Waals surface area contributed by atoms with E-state index in [1.54, 1.807) is 6.92 Å². The highest BCUT2D eigenvalue weighted by Gasteiger charge is 2.15. The van der Waals surface area contributed by atoms with Crippen LogP contribution in [0.3, 0.4) is 0 Å². The minimum atomic E-state index is -0.472. The second-order valence-electron chi connectivity index (χ2n) is 3.49. The van der Waals surface area contributed by atoms with Gasteiger partial charge in [-0.2, -0.15) is 0 Å². The van der Waals surface area contributed by atoms with Crippen molar-refractivity contribution >= 4 is 45.5 Å². The molecule has 0 bridgehead atoms. The first-order chi connectivity index (χ1) is 8.52. The molecular formula is C11H9BrN2O2S2. The van der Waals surface area contributed by atoms with E-state index >= 15 is 0 Å². The van der Waals surface area contributed by atoms with Crippen LogP contribution in [0.4, 0.5) is 0 Å². The fourth-order valence-corrected chi connectivity index (χ4v) is 3.15. The summed E-state index contributed by atoms with van der Waals surface area (Å²) < 4.78 is 5.93. The third-order valence-corrected chi connectivity index (χ3v) is 4.23. The molecule has 0 amide bonds. The Morgan fingerprint density at radius 2 is 2.28 bits per heavy atom. The van der Waals surface area contributed by atoms with Gasteiger partial charge in [0.15, 0.2) is 0 Å². The van der Waals surface area contributed by atoms with Gasteiger partial charge in [0.25, 0.3) is 0 Å². The quantitative estimate of drug-likeness (QED) is 0.666. The number of ether oxygens (including phenoxy) is 1. The van der Waals surface area contributed by atoms with Crippen LogP contribution in [0.25, 0.3) is 10.7 Å². The van der Waals surface area contributed by atoms with Crippen LogP contribution in [0.2, 0.25) is 0 Å². The highest BCUT2D eigenvalue weighted by Crippen LogP contribution is 2.29. The maximum atomic E-state index is 11.6. The molecule has 0 aliphatic heterocycles. The lowest BCUT2D eigenvalue weighted by atomic mass is 10.2. The fraction of sp³-hybridized carbons (Fsp3) is 0.182. The summed E-state index contributed by atoms with van der Waals surface area (Å²) in [5, 5.41) is 0. The molecule has 2 heterocycles. The zero-order valence-corrected chi connectivity index (χ0v) is 12.8. The van der Waals surface area contributed by atoms with Gasteiger partial charge < -0.3 is 9.72 Å². The van der Waals surface area contributed by atoms with Gasteiger partial charge in [-0.25, -0.2) is 9.78 Å². The van der Waals surface area contributed by atoms with Gasteiger partial charge in [0.2, 0.25) is 0 Å². The lowest BCUT2D eigenvalue weighted by Gasteiger charge is -2.06. The number of nitrogens with one attached hydrogen (secondary N) is 1. The normalized spacial score (nSPS) is 10.4. The molecule has 0 saturated heterocycles. The van der Waals surface area contributed by atoms with E-state index < -0.39 is 5.97 Å². The number of aryl methyl sites for hydroxylation is 1. The molecule has 0 unspecified atom stereocenters. The van der Waals surface area contributed by atoms with Crippen LogP contribution in [0.1, 0.15) is 16.1 Å². The number of halogens is 1. The Labute approximate surface area is 121 Å². The van der Waals surface area contributed by atoms with Gasteiger partial charge in [-0.3, -0.25) is 0 Å². The average Bonchev–Trinajstić information content (AvgIpc) is 2.74. The van der Waals surface area contributed by atoms with Crippen molar-refractivity contribution in [1.29, 1.82) is 0 Å². The van der Waals surface area contributed by atoms with E-state index in [4.69, 9.17) is 12.2 Å². The van der Waals surface area contributed by atoms with E-state index in [9.17, 15) is 4.79 Å². The molecule has 0 aromatic carbocycles. The molecular weight excluding hydrogens is 336 g/mol. The van der Waals surface area contributed by atoms with Crippen molar-refractivity contribution in [2.45, 2.75) is 6.92 Å². The Bertz CT molecular complexity index is 663. The third-order valence-electron chi connectivity index (χ3n) is 2.30. The summed E-state index contributed by atoms with van der Waals surface area (Å²) in [5.74, 6) is 0.181. The monoisotopic (exact) mass is 344 g/mol. The highest BCUT2D eigenvalue weighted by molar-refractivity contribution is 9.11. The van der Waals surface area contributed by atoms with Crippen LogP contribution >= 0.6 is 39.5 Å². The molecule has 2 aromatic rings. The molecule has 2 rings (SSSR count). The molecule has 4 nitrogen and oxygen atoms in total.